The van der Waals surface area contributed by atoms with Crippen molar-refractivity contribution in [3.8, 4) is 12.3 Å². The SMILES string of the molecule is C#CCc1ccc(COC(=O)[C@@H]2[C@H](C=C(C)C)C2(C)C)o1. The molecule has 0 aromatic carbocycles. The third-order valence-electron chi connectivity index (χ3n) is 4.03. The summed E-state index contributed by atoms with van der Waals surface area (Å²) in [5.41, 5.74) is 1.21. The van der Waals surface area contributed by atoms with Gasteiger partial charge in [0, 0.05) is 0 Å². The van der Waals surface area contributed by atoms with Crippen LogP contribution in [-0.2, 0) is 22.6 Å². The van der Waals surface area contributed by atoms with Crippen LogP contribution in [0.5, 0.6) is 0 Å². The molecule has 21 heavy (non-hydrogen) atoms. The summed E-state index contributed by atoms with van der Waals surface area (Å²) in [7, 11) is 0. The van der Waals surface area contributed by atoms with Crippen LogP contribution >= 0.6 is 0 Å². The van der Waals surface area contributed by atoms with Gasteiger partial charge in [-0.05, 0) is 37.3 Å². The fourth-order valence-corrected chi connectivity index (χ4v) is 2.73. The van der Waals surface area contributed by atoms with E-state index in [0.717, 1.165) is 5.76 Å². The topological polar surface area (TPSA) is 39.4 Å². The van der Waals surface area contributed by atoms with Crippen LogP contribution in [0.4, 0.5) is 0 Å². The number of carbonyl (C=O) groups excluding carboxylic acids is 1. The largest absolute Gasteiger partial charge is 0.461 e. The first-order valence-electron chi connectivity index (χ1n) is 7.19. The molecule has 0 saturated heterocycles. The van der Waals surface area contributed by atoms with E-state index in [1.54, 1.807) is 6.07 Å². The van der Waals surface area contributed by atoms with E-state index in [1.165, 1.54) is 5.57 Å². The number of rotatable bonds is 5. The third kappa shape index (κ3) is 3.39. The molecule has 1 aliphatic carbocycles. The maximum absolute atomic E-state index is 12.2. The summed E-state index contributed by atoms with van der Waals surface area (Å²) >= 11 is 0. The molecule has 1 aliphatic rings. The van der Waals surface area contributed by atoms with E-state index in [9.17, 15) is 4.79 Å². The molecule has 1 fully saturated rings. The molecule has 1 aromatic rings. The second-order valence-electron chi connectivity index (χ2n) is 6.43. The smallest absolute Gasteiger partial charge is 0.310 e. The van der Waals surface area contributed by atoms with Gasteiger partial charge in [0.05, 0.1) is 12.3 Å². The Labute approximate surface area is 126 Å². The molecule has 3 heteroatoms. The van der Waals surface area contributed by atoms with Crippen LogP contribution in [0.3, 0.4) is 0 Å². The number of ether oxygens (including phenoxy) is 1. The minimum absolute atomic E-state index is 0.0217. The molecule has 3 nitrogen and oxygen atoms in total. The Morgan fingerprint density at radius 2 is 2.10 bits per heavy atom. The van der Waals surface area contributed by atoms with Gasteiger partial charge in [-0.25, -0.2) is 0 Å². The van der Waals surface area contributed by atoms with Gasteiger partial charge in [-0.2, -0.15) is 0 Å². The number of allylic oxidation sites excluding steroid dienone is 2. The molecule has 0 aliphatic heterocycles. The number of hydrogen-bond acceptors (Lipinski definition) is 3. The molecule has 2 rings (SSSR count). The van der Waals surface area contributed by atoms with Crippen molar-refractivity contribution in [3.05, 3.63) is 35.3 Å². The van der Waals surface area contributed by atoms with E-state index < -0.39 is 0 Å². The van der Waals surface area contributed by atoms with E-state index in [1.807, 2.05) is 19.9 Å². The van der Waals surface area contributed by atoms with Crippen LogP contribution in [0.15, 0.2) is 28.2 Å². The van der Waals surface area contributed by atoms with E-state index in [0.29, 0.717) is 12.2 Å². The minimum atomic E-state index is -0.155. The van der Waals surface area contributed by atoms with Crippen LogP contribution < -0.4 is 0 Å². The van der Waals surface area contributed by atoms with Gasteiger partial charge in [0.15, 0.2) is 0 Å². The summed E-state index contributed by atoms with van der Waals surface area (Å²) in [5, 5.41) is 0. The third-order valence-corrected chi connectivity index (χ3v) is 4.03. The highest BCUT2D eigenvalue weighted by molar-refractivity contribution is 5.78. The summed E-state index contributed by atoms with van der Waals surface area (Å²) in [6, 6.07) is 3.61. The quantitative estimate of drug-likeness (QED) is 0.470. The van der Waals surface area contributed by atoms with Crippen molar-refractivity contribution in [2.75, 3.05) is 0 Å². The maximum atomic E-state index is 12.2. The molecule has 1 saturated carbocycles. The Morgan fingerprint density at radius 3 is 2.71 bits per heavy atom. The summed E-state index contributed by atoms with van der Waals surface area (Å²) in [4.78, 5) is 12.2. The number of carbonyl (C=O) groups is 1. The molecule has 0 amide bonds. The lowest BCUT2D eigenvalue weighted by atomic mass is 10.1. The average molecular weight is 286 g/mol. The first-order chi connectivity index (χ1) is 9.86. The Hall–Kier alpha value is -1.95. The van der Waals surface area contributed by atoms with Crippen molar-refractivity contribution < 1.29 is 13.9 Å². The van der Waals surface area contributed by atoms with Crippen molar-refractivity contribution in [3.63, 3.8) is 0 Å². The monoisotopic (exact) mass is 286 g/mol. The van der Waals surface area contributed by atoms with Gasteiger partial charge in [-0.3, -0.25) is 4.79 Å². The zero-order valence-electron chi connectivity index (χ0n) is 13.1. The molecule has 0 bridgehead atoms. The average Bonchev–Trinajstić information content (AvgIpc) is 2.75. The predicted octanol–water partition coefficient (Wildman–Crippen LogP) is 3.74. The zero-order chi connectivity index (χ0) is 15.6. The predicted molar refractivity (Wildman–Crippen MR) is 81.2 cm³/mol. The van der Waals surface area contributed by atoms with E-state index >= 15 is 0 Å². The van der Waals surface area contributed by atoms with Crippen LogP contribution in [0.2, 0.25) is 0 Å². The highest BCUT2D eigenvalue weighted by atomic mass is 16.5. The molecule has 2 atom stereocenters. The normalized spacial score (nSPS) is 22.2. The molecule has 0 radical (unpaired) electrons. The lowest BCUT2D eigenvalue weighted by molar-refractivity contribution is -0.148. The molecule has 0 spiro atoms. The van der Waals surface area contributed by atoms with E-state index in [4.69, 9.17) is 15.6 Å². The van der Waals surface area contributed by atoms with Crippen LogP contribution in [-0.4, -0.2) is 5.97 Å². The van der Waals surface area contributed by atoms with Gasteiger partial charge in [0.1, 0.15) is 18.1 Å². The Balaban J connectivity index is 1.91. The minimum Gasteiger partial charge on any atom is -0.461 e. The van der Waals surface area contributed by atoms with Gasteiger partial charge >= 0.3 is 5.97 Å². The molecular weight excluding hydrogens is 264 g/mol. The number of hydrogen-bond donors (Lipinski definition) is 0. The molecule has 1 heterocycles. The van der Waals surface area contributed by atoms with Crippen LogP contribution in [0.25, 0.3) is 0 Å². The molecule has 0 N–H and O–H groups in total. The van der Waals surface area contributed by atoms with Gasteiger partial charge in [0.2, 0.25) is 0 Å². The zero-order valence-corrected chi connectivity index (χ0v) is 13.1. The summed E-state index contributed by atoms with van der Waals surface area (Å²) in [6.45, 7) is 8.46. The lowest BCUT2D eigenvalue weighted by Gasteiger charge is -2.03. The van der Waals surface area contributed by atoms with Crippen molar-refractivity contribution in [1.82, 2.24) is 0 Å². The summed E-state index contributed by atoms with van der Waals surface area (Å²) in [6.07, 6.45) is 7.83. The Kier molecular flexibility index (Phi) is 4.27. The molecule has 0 unspecified atom stereocenters. The molecule has 112 valence electrons. The lowest BCUT2D eigenvalue weighted by Crippen LogP contribution is -2.10. The van der Waals surface area contributed by atoms with Crippen molar-refractivity contribution in [2.24, 2.45) is 17.3 Å². The van der Waals surface area contributed by atoms with Crippen molar-refractivity contribution in [2.45, 2.75) is 40.7 Å². The van der Waals surface area contributed by atoms with Gasteiger partial charge < -0.3 is 9.15 Å². The van der Waals surface area contributed by atoms with Crippen molar-refractivity contribution in [1.29, 1.82) is 0 Å². The summed E-state index contributed by atoms with van der Waals surface area (Å²) < 4.78 is 10.9. The van der Waals surface area contributed by atoms with Gasteiger partial charge in [-0.1, -0.05) is 31.4 Å². The first-order valence-corrected chi connectivity index (χ1v) is 7.19. The van der Waals surface area contributed by atoms with Gasteiger partial charge in [-0.15, -0.1) is 6.42 Å². The van der Waals surface area contributed by atoms with E-state index in [-0.39, 0.29) is 29.8 Å². The number of furan rings is 1. The standard InChI is InChI=1S/C18H22O3/c1-6-7-13-8-9-14(21-13)11-20-17(19)16-15(10-12(2)3)18(16,4)5/h1,8-10,15-16H,7,11H2,2-5H3/t15-,16-/m0/s1. The highest BCUT2D eigenvalue weighted by Crippen LogP contribution is 2.59. The number of terminal acetylenes is 1. The number of esters is 1. The molecular formula is C18H22O3. The fraction of sp³-hybridized carbons (Fsp3) is 0.500. The second kappa shape index (κ2) is 5.81. The van der Waals surface area contributed by atoms with Gasteiger partial charge in [0.25, 0.3) is 0 Å². The van der Waals surface area contributed by atoms with Crippen LogP contribution in [0.1, 0.15) is 39.2 Å². The maximum Gasteiger partial charge on any atom is 0.310 e. The Bertz CT molecular complexity index is 594. The fourth-order valence-electron chi connectivity index (χ4n) is 2.73. The highest BCUT2D eigenvalue weighted by Gasteiger charge is 2.61. The van der Waals surface area contributed by atoms with Crippen LogP contribution in [0, 0.1) is 29.6 Å². The van der Waals surface area contributed by atoms with Crippen molar-refractivity contribution >= 4 is 5.97 Å². The Morgan fingerprint density at radius 1 is 1.43 bits per heavy atom. The molecule has 1 aromatic heterocycles. The summed E-state index contributed by atoms with van der Waals surface area (Å²) in [5.74, 6) is 3.92. The first kappa shape index (κ1) is 15.4. The second-order valence-corrected chi connectivity index (χ2v) is 6.43. The van der Waals surface area contributed by atoms with E-state index in [2.05, 4.69) is 25.8 Å².